The lowest BCUT2D eigenvalue weighted by atomic mass is 9.63. The van der Waals surface area contributed by atoms with E-state index in [0.717, 1.165) is 47.3 Å². The summed E-state index contributed by atoms with van der Waals surface area (Å²) in [7, 11) is 3.33. The number of hydrogen-bond donors (Lipinski definition) is 1. The van der Waals surface area contributed by atoms with Gasteiger partial charge in [-0.1, -0.05) is 45.0 Å². The lowest BCUT2D eigenvalue weighted by Crippen LogP contribution is -2.49. The Bertz CT molecular complexity index is 1600. The van der Waals surface area contributed by atoms with Crippen molar-refractivity contribution in [1.29, 1.82) is 0 Å². The molecule has 3 aromatic carbocycles. The highest BCUT2D eigenvalue weighted by Gasteiger charge is 2.41. The number of nitrogens with zero attached hydrogens (tertiary/aromatic N) is 1. The minimum atomic E-state index is -0.168. The fourth-order valence-electron chi connectivity index (χ4n) is 6.68. The molecular formula is C35H38N2O5. The molecule has 1 aromatic heterocycles. The Labute approximate surface area is 247 Å². The Morgan fingerprint density at radius 3 is 2.33 bits per heavy atom. The number of nitrogens with one attached hydrogen (secondary N) is 1. The average molecular weight is 567 g/mol. The van der Waals surface area contributed by atoms with Crippen molar-refractivity contribution in [2.45, 2.75) is 51.5 Å². The van der Waals surface area contributed by atoms with Gasteiger partial charge in [-0.3, -0.25) is 4.79 Å². The third-order valence-corrected chi connectivity index (χ3v) is 9.12. The maximum Gasteiger partial charge on any atom is 0.270 e. The van der Waals surface area contributed by atoms with Crippen LogP contribution in [-0.2, 0) is 5.41 Å². The summed E-state index contributed by atoms with van der Waals surface area (Å²) in [6.45, 7) is 6.96. The molecule has 1 fully saturated rings. The molecule has 1 N–H and O–H groups in total. The number of rotatable bonds is 7. The van der Waals surface area contributed by atoms with E-state index in [-0.39, 0.29) is 24.2 Å². The molecule has 1 amide bonds. The van der Waals surface area contributed by atoms with Crippen LogP contribution in [0.5, 0.6) is 23.0 Å². The van der Waals surface area contributed by atoms with E-state index in [4.69, 9.17) is 23.9 Å². The van der Waals surface area contributed by atoms with Crippen molar-refractivity contribution < 1.29 is 23.7 Å². The van der Waals surface area contributed by atoms with Crippen LogP contribution >= 0.6 is 0 Å². The number of carbonyl (C=O) groups excluding carboxylic acids is 1. The van der Waals surface area contributed by atoms with E-state index >= 15 is 0 Å². The van der Waals surface area contributed by atoms with Gasteiger partial charge in [-0.25, -0.2) is 4.98 Å². The highest BCUT2D eigenvalue weighted by Crippen LogP contribution is 2.45. The predicted octanol–water partition coefficient (Wildman–Crippen LogP) is 7.16. The minimum Gasteiger partial charge on any atom is -0.497 e. The van der Waals surface area contributed by atoms with Crippen LogP contribution < -0.4 is 24.3 Å². The molecule has 0 saturated heterocycles. The van der Waals surface area contributed by atoms with Crippen molar-refractivity contribution in [2.24, 2.45) is 11.8 Å². The Morgan fingerprint density at radius 2 is 1.67 bits per heavy atom. The molecule has 1 saturated carbocycles. The van der Waals surface area contributed by atoms with Crippen molar-refractivity contribution in [3.05, 3.63) is 78.0 Å². The molecular weight excluding hydrogens is 528 g/mol. The lowest BCUT2D eigenvalue weighted by molar-refractivity contribution is 0.0842. The number of fused-ring (bicyclic) bond motifs is 3. The molecule has 0 radical (unpaired) electrons. The summed E-state index contributed by atoms with van der Waals surface area (Å²) in [5, 5.41) is 4.26. The molecule has 218 valence electrons. The topological polar surface area (TPSA) is 78.9 Å². The van der Waals surface area contributed by atoms with Gasteiger partial charge in [0.2, 0.25) is 6.79 Å². The van der Waals surface area contributed by atoms with Gasteiger partial charge in [-0.2, -0.15) is 0 Å². The molecule has 1 aliphatic heterocycles. The van der Waals surface area contributed by atoms with E-state index in [2.05, 4.69) is 38.2 Å². The first-order valence-electron chi connectivity index (χ1n) is 14.6. The van der Waals surface area contributed by atoms with Crippen molar-refractivity contribution in [2.75, 3.05) is 21.0 Å². The standard InChI is InChI=1S/C35H38N2O5/c1-21(2)26-16-17-35(3,23-8-12-25(40-5)13-9-23)19-30(26)37-34(38)29-18-27(22-6-10-24(39-4)11-7-22)32-28(36-29)14-15-31-33(32)42-20-41-31/h6-15,18,21,26,30H,16-17,19-20H2,1-5H3,(H,37,38). The van der Waals surface area contributed by atoms with E-state index in [9.17, 15) is 4.79 Å². The van der Waals surface area contributed by atoms with Gasteiger partial charge in [0, 0.05) is 6.04 Å². The SMILES string of the molecule is COc1ccc(-c2cc(C(=O)NC3CC(C)(c4ccc(OC)cc4)CCC3C(C)C)nc3ccc4c(c23)OCO4)cc1. The number of hydrogen-bond acceptors (Lipinski definition) is 6. The molecule has 3 unspecified atom stereocenters. The Kier molecular flexibility index (Phi) is 7.43. The lowest BCUT2D eigenvalue weighted by Gasteiger charge is -2.45. The van der Waals surface area contributed by atoms with Crippen LogP contribution in [0.4, 0.5) is 0 Å². The largest absolute Gasteiger partial charge is 0.497 e. The Balaban J connectivity index is 1.36. The van der Waals surface area contributed by atoms with Gasteiger partial charge in [0.05, 0.1) is 25.1 Å². The smallest absolute Gasteiger partial charge is 0.270 e. The highest BCUT2D eigenvalue weighted by molar-refractivity contribution is 6.05. The molecule has 7 nitrogen and oxygen atoms in total. The maximum absolute atomic E-state index is 14.0. The van der Waals surface area contributed by atoms with Crippen molar-refractivity contribution in [3.8, 4) is 34.1 Å². The second kappa shape index (κ2) is 11.2. The van der Waals surface area contributed by atoms with E-state index in [0.29, 0.717) is 34.5 Å². The van der Waals surface area contributed by atoms with Crippen LogP contribution in [-0.4, -0.2) is 37.9 Å². The normalized spacial score (nSPS) is 21.4. The fraction of sp³-hybridized carbons (Fsp3) is 0.371. The first-order valence-corrected chi connectivity index (χ1v) is 14.6. The van der Waals surface area contributed by atoms with Gasteiger partial charge < -0.3 is 24.3 Å². The first-order chi connectivity index (χ1) is 20.3. The number of carbonyl (C=O) groups is 1. The number of amides is 1. The van der Waals surface area contributed by atoms with Crippen molar-refractivity contribution >= 4 is 16.8 Å². The van der Waals surface area contributed by atoms with Gasteiger partial charge in [-0.05, 0) is 95.7 Å². The third kappa shape index (κ3) is 5.13. The van der Waals surface area contributed by atoms with Gasteiger partial charge in [0.1, 0.15) is 17.2 Å². The monoisotopic (exact) mass is 566 g/mol. The minimum absolute atomic E-state index is 0.0111. The second-order valence-electron chi connectivity index (χ2n) is 12.0. The van der Waals surface area contributed by atoms with Crippen molar-refractivity contribution in [3.63, 3.8) is 0 Å². The van der Waals surface area contributed by atoms with Crippen LogP contribution in [0, 0.1) is 11.8 Å². The van der Waals surface area contributed by atoms with Gasteiger partial charge in [-0.15, -0.1) is 0 Å². The quantitative estimate of drug-likeness (QED) is 0.256. The molecule has 3 atom stereocenters. The number of benzene rings is 3. The van der Waals surface area contributed by atoms with Crippen molar-refractivity contribution in [1.82, 2.24) is 10.3 Å². The van der Waals surface area contributed by atoms with E-state index < -0.39 is 0 Å². The molecule has 1 aliphatic carbocycles. The summed E-state index contributed by atoms with van der Waals surface area (Å²) in [6, 6.07) is 21.8. The summed E-state index contributed by atoms with van der Waals surface area (Å²) < 4.78 is 22.3. The van der Waals surface area contributed by atoms with Gasteiger partial charge in [0.25, 0.3) is 5.91 Å². The number of methoxy groups -OCH3 is 2. The van der Waals surface area contributed by atoms with Crippen LogP contribution in [0.25, 0.3) is 22.0 Å². The van der Waals surface area contributed by atoms with Crippen LogP contribution in [0.2, 0.25) is 0 Å². The molecule has 2 aliphatic rings. The zero-order valence-electron chi connectivity index (χ0n) is 24.9. The molecule has 42 heavy (non-hydrogen) atoms. The molecule has 2 heterocycles. The highest BCUT2D eigenvalue weighted by atomic mass is 16.7. The van der Waals surface area contributed by atoms with Crippen LogP contribution in [0.3, 0.4) is 0 Å². The molecule has 6 rings (SSSR count). The average Bonchev–Trinajstić information content (AvgIpc) is 3.50. The third-order valence-electron chi connectivity index (χ3n) is 9.12. The molecule has 0 bridgehead atoms. The van der Waals surface area contributed by atoms with Crippen LogP contribution in [0.15, 0.2) is 66.7 Å². The Hall–Kier alpha value is -4.26. The zero-order valence-corrected chi connectivity index (χ0v) is 24.9. The second-order valence-corrected chi connectivity index (χ2v) is 12.0. The summed E-state index contributed by atoms with van der Waals surface area (Å²) in [4.78, 5) is 18.8. The maximum atomic E-state index is 14.0. The summed E-state index contributed by atoms with van der Waals surface area (Å²) in [5.74, 6) is 3.58. The number of aromatic nitrogens is 1. The summed E-state index contributed by atoms with van der Waals surface area (Å²) in [5.41, 5.74) is 4.08. The molecule has 0 spiro atoms. The Morgan fingerprint density at radius 1 is 0.976 bits per heavy atom. The van der Waals surface area contributed by atoms with E-state index in [1.165, 1.54) is 5.56 Å². The zero-order chi connectivity index (χ0) is 29.4. The van der Waals surface area contributed by atoms with Gasteiger partial charge >= 0.3 is 0 Å². The molecule has 7 heteroatoms. The summed E-state index contributed by atoms with van der Waals surface area (Å²) in [6.07, 6.45) is 2.96. The summed E-state index contributed by atoms with van der Waals surface area (Å²) >= 11 is 0. The van der Waals surface area contributed by atoms with Gasteiger partial charge in [0.15, 0.2) is 11.5 Å². The molecule has 4 aromatic rings. The number of ether oxygens (including phenoxy) is 4. The van der Waals surface area contributed by atoms with E-state index in [1.54, 1.807) is 14.2 Å². The first kappa shape index (κ1) is 27.9. The van der Waals surface area contributed by atoms with E-state index in [1.807, 2.05) is 54.6 Å². The fourth-order valence-corrected chi connectivity index (χ4v) is 6.68. The number of pyridine rings is 1. The van der Waals surface area contributed by atoms with Crippen LogP contribution in [0.1, 0.15) is 56.1 Å². The predicted molar refractivity (Wildman–Crippen MR) is 164 cm³/mol.